The topological polar surface area (TPSA) is 90.6 Å². The summed E-state index contributed by atoms with van der Waals surface area (Å²) in [6.45, 7) is 0.432. The number of halogens is 4. The number of nitrogen functional groups attached to an aromatic ring is 1. The number of carbonyl (C=O) groups is 1. The van der Waals surface area contributed by atoms with Crippen LogP contribution >= 0.6 is 0 Å². The van der Waals surface area contributed by atoms with Gasteiger partial charge in [-0.25, -0.2) is 14.4 Å². The first-order chi connectivity index (χ1) is 15.1. The first-order valence-corrected chi connectivity index (χ1v) is 9.60. The zero-order valence-corrected chi connectivity index (χ0v) is 16.7. The van der Waals surface area contributed by atoms with Crippen molar-refractivity contribution in [2.24, 2.45) is 0 Å². The number of aromatic nitrogens is 2. The summed E-state index contributed by atoms with van der Waals surface area (Å²) >= 11 is 0. The molecule has 0 spiro atoms. The fourth-order valence-corrected chi connectivity index (χ4v) is 4.04. The van der Waals surface area contributed by atoms with Gasteiger partial charge in [-0.2, -0.15) is 13.2 Å². The van der Waals surface area contributed by atoms with Crippen molar-refractivity contribution in [3.63, 3.8) is 0 Å². The number of amides is 1. The van der Waals surface area contributed by atoms with E-state index in [1.807, 2.05) is 0 Å². The van der Waals surface area contributed by atoms with Crippen molar-refractivity contribution in [2.45, 2.75) is 25.4 Å². The van der Waals surface area contributed by atoms with E-state index in [9.17, 15) is 22.4 Å². The average molecular weight is 448 g/mol. The normalized spacial score (nSPS) is 17.2. The predicted octanol–water partition coefficient (Wildman–Crippen LogP) is 3.61. The van der Waals surface area contributed by atoms with Crippen molar-refractivity contribution < 1.29 is 31.8 Å². The highest BCUT2D eigenvalue weighted by Gasteiger charge is 2.37. The van der Waals surface area contributed by atoms with Gasteiger partial charge in [-0.1, -0.05) is 0 Å². The Bertz CT molecular complexity index is 1280. The molecule has 0 bridgehead atoms. The van der Waals surface area contributed by atoms with Gasteiger partial charge in [0.1, 0.15) is 18.2 Å². The van der Waals surface area contributed by atoms with Crippen LogP contribution in [0.2, 0.25) is 0 Å². The number of benzene rings is 1. The van der Waals surface area contributed by atoms with Crippen LogP contribution < -0.4 is 10.5 Å². The lowest BCUT2D eigenvalue weighted by Gasteiger charge is -2.24. The van der Waals surface area contributed by atoms with Gasteiger partial charge in [0, 0.05) is 35.8 Å². The van der Waals surface area contributed by atoms with E-state index in [1.54, 1.807) is 0 Å². The summed E-state index contributed by atoms with van der Waals surface area (Å²) in [7, 11) is 1.38. The molecule has 5 rings (SSSR count). The first-order valence-electron chi connectivity index (χ1n) is 9.60. The zero-order valence-electron chi connectivity index (χ0n) is 16.7. The third kappa shape index (κ3) is 3.11. The number of alkyl halides is 3. The fraction of sp³-hybridized carbons (Fsp3) is 0.286. The Morgan fingerprint density at radius 2 is 1.97 bits per heavy atom. The lowest BCUT2D eigenvalue weighted by Crippen LogP contribution is -2.32. The lowest BCUT2D eigenvalue weighted by atomic mass is 10.0. The minimum Gasteiger partial charge on any atom is -0.475 e. The Morgan fingerprint density at radius 1 is 1.22 bits per heavy atom. The third-order valence-electron chi connectivity index (χ3n) is 5.78. The van der Waals surface area contributed by atoms with Gasteiger partial charge in [0.25, 0.3) is 5.91 Å². The number of nitrogens with two attached hydrogens (primary N) is 1. The number of hydrogen-bond acceptors (Lipinski definition) is 6. The van der Waals surface area contributed by atoms with E-state index in [4.69, 9.17) is 15.2 Å². The number of anilines is 1. The fourth-order valence-electron chi connectivity index (χ4n) is 4.04. The Hall–Kier alpha value is -3.47. The first kappa shape index (κ1) is 20.4. The number of hydrogen-bond donors (Lipinski definition) is 1. The van der Waals surface area contributed by atoms with Gasteiger partial charge in [-0.05, 0) is 17.7 Å². The van der Waals surface area contributed by atoms with Gasteiger partial charge < -0.3 is 20.1 Å². The molecule has 0 saturated carbocycles. The summed E-state index contributed by atoms with van der Waals surface area (Å²) in [6.07, 6.45) is -3.92. The SMILES string of the molecule is CN(C(=O)c1cc2c3c(c(N)nc2cc1F)COC3)[C@H]1COc2ncc(C(F)(F)F)cc21. The van der Waals surface area contributed by atoms with E-state index in [0.29, 0.717) is 17.1 Å². The molecule has 1 amide bonds. The van der Waals surface area contributed by atoms with Crippen molar-refractivity contribution in [3.05, 3.63) is 58.0 Å². The summed E-state index contributed by atoms with van der Waals surface area (Å²) in [6, 6.07) is 2.54. The van der Waals surface area contributed by atoms with E-state index in [2.05, 4.69) is 9.97 Å². The molecule has 32 heavy (non-hydrogen) atoms. The summed E-state index contributed by atoms with van der Waals surface area (Å²) in [5.74, 6) is -1.28. The van der Waals surface area contributed by atoms with Crippen LogP contribution in [0.15, 0.2) is 24.4 Å². The summed E-state index contributed by atoms with van der Waals surface area (Å²) in [4.78, 5) is 22.2. The van der Waals surface area contributed by atoms with Crippen LogP contribution in [-0.2, 0) is 24.1 Å². The molecule has 0 radical (unpaired) electrons. The van der Waals surface area contributed by atoms with Gasteiger partial charge in [0.05, 0.1) is 35.9 Å². The molecule has 2 N–H and O–H groups in total. The van der Waals surface area contributed by atoms with Crippen LogP contribution in [0.4, 0.5) is 23.4 Å². The molecule has 2 aliphatic heterocycles. The van der Waals surface area contributed by atoms with Crippen molar-refractivity contribution in [2.75, 3.05) is 19.4 Å². The van der Waals surface area contributed by atoms with Crippen LogP contribution in [0.1, 0.15) is 38.7 Å². The molecule has 1 atom stereocenters. The Kier molecular flexibility index (Phi) is 4.48. The van der Waals surface area contributed by atoms with Crippen LogP contribution in [0.5, 0.6) is 5.88 Å². The molecular formula is C21H16F4N4O3. The number of pyridine rings is 2. The summed E-state index contributed by atoms with van der Waals surface area (Å²) < 4.78 is 65.0. The van der Waals surface area contributed by atoms with Crippen molar-refractivity contribution in [1.82, 2.24) is 14.9 Å². The Balaban J connectivity index is 1.53. The summed E-state index contributed by atoms with van der Waals surface area (Å²) in [5, 5.41) is 0.536. The second-order valence-corrected chi connectivity index (χ2v) is 7.66. The molecule has 0 saturated heterocycles. The van der Waals surface area contributed by atoms with E-state index in [-0.39, 0.29) is 48.2 Å². The van der Waals surface area contributed by atoms with E-state index >= 15 is 0 Å². The average Bonchev–Trinajstić information content (AvgIpc) is 3.39. The molecule has 1 aromatic carbocycles. The van der Waals surface area contributed by atoms with Gasteiger partial charge in [-0.3, -0.25) is 4.79 Å². The highest BCUT2D eigenvalue weighted by molar-refractivity contribution is 5.99. The van der Waals surface area contributed by atoms with E-state index in [0.717, 1.165) is 22.6 Å². The molecule has 4 heterocycles. The maximum absolute atomic E-state index is 14.9. The molecule has 2 aliphatic rings. The molecular weight excluding hydrogens is 432 g/mol. The van der Waals surface area contributed by atoms with Crippen LogP contribution in [0.25, 0.3) is 10.9 Å². The van der Waals surface area contributed by atoms with E-state index < -0.39 is 29.5 Å². The Labute approximate surface area is 178 Å². The van der Waals surface area contributed by atoms with E-state index in [1.165, 1.54) is 13.1 Å². The standard InChI is InChI=1S/C21H16F4N4O3/c1-29(17-8-32-19-12(17)2-9(5-27-19)21(23,24)25)20(30)11-3-10-13-6-31-7-14(13)18(26)28-16(10)4-15(11)22/h2-5,17H,6-8H2,1H3,(H2,26,28)/t17-/m0/s1. The van der Waals surface area contributed by atoms with Crippen LogP contribution in [0, 0.1) is 5.82 Å². The van der Waals surface area contributed by atoms with Gasteiger partial charge in [-0.15, -0.1) is 0 Å². The number of rotatable bonds is 2. The second-order valence-electron chi connectivity index (χ2n) is 7.66. The Morgan fingerprint density at radius 3 is 2.72 bits per heavy atom. The number of nitrogens with zero attached hydrogens (tertiary/aromatic N) is 3. The van der Waals surface area contributed by atoms with Crippen LogP contribution in [0.3, 0.4) is 0 Å². The van der Waals surface area contributed by atoms with Gasteiger partial charge in [0.15, 0.2) is 0 Å². The maximum Gasteiger partial charge on any atom is 0.417 e. The highest BCUT2D eigenvalue weighted by Crippen LogP contribution is 2.39. The number of likely N-dealkylation sites (N-methyl/N-ethyl adjacent to an activating group) is 1. The van der Waals surface area contributed by atoms with Crippen molar-refractivity contribution in [1.29, 1.82) is 0 Å². The number of ether oxygens (including phenoxy) is 2. The smallest absolute Gasteiger partial charge is 0.417 e. The molecule has 3 aromatic rings. The minimum atomic E-state index is -4.60. The molecule has 0 aliphatic carbocycles. The minimum absolute atomic E-state index is 0.0104. The number of carbonyl (C=O) groups excluding carboxylic acids is 1. The molecule has 11 heteroatoms. The maximum atomic E-state index is 14.9. The monoisotopic (exact) mass is 448 g/mol. The molecule has 2 aromatic heterocycles. The van der Waals surface area contributed by atoms with Crippen LogP contribution in [-0.4, -0.2) is 34.4 Å². The van der Waals surface area contributed by atoms with Crippen molar-refractivity contribution in [3.8, 4) is 5.88 Å². The molecule has 0 unspecified atom stereocenters. The number of fused-ring (bicyclic) bond motifs is 4. The van der Waals surface area contributed by atoms with Gasteiger partial charge in [0.2, 0.25) is 5.88 Å². The zero-order chi connectivity index (χ0) is 22.8. The molecule has 166 valence electrons. The second kappa shape index (κ2) is 7.02. The largest absolute Gasteiger partial charge is 0.475 e. The predicted molar refractivity (Wildman–Crippen MR) is 104 cm³/mol. The summed E-state index contributed by atoms with van der Waals surface area (Å²) in [5.41, 5.74) is 6.55. The highest BCUT2D eigenvalue weighted by atomic mass is 19.4. The molecule has 7 nitrogen and oxygen atoms in total. The lowest BCUT2D eigenvalue weighted by molar-refractivity contribution is -0.137. The third-order valence-corrected chi connectivity index (χ3v) is 5.78. The molecule has 0 fully saturated rings. The van der Waals surface area contributed by atoms with Crippen molar-refractivity contribution >= 4 is 22.6 Å². The van der Waals surface area contributed by atoms with Gasteiger partial charge >= 0.3 is 6.18 Å². The quantitative estimate of drug-likeness (QED) is 0.603.